The number of pyridine rings is 1. The van der Waals surface area contributed by atoms with Gasteiger partial charge < -0.3 is 10.2 Å². The van der Waals surface area contributed by atoms with E-state index < -0.39 is 6.03 Å². The number of aromatic nitrogens is 1. The van der Waals surface area contributed by atoms with Crippen LogP contribution in [0.3, 0.4) is 0 Å². The summed E-state index contributed by atoms with van der Waals surface area (Å²) in [5.41, 5.74) is 2.96. The van der Waals surface area contributed by atoms with Gasteiger partial charge in [-0.05, 0) is 24.1 Å². The fourth-order valence-corrected chi connectivity index (χ4v) is 0.983. The summed E-state index contributed by atoms with van der Waals surface area (Å²) in [5.74, 6) is 0. The third kappa shape index (κ3) is 4.61. The van der Waals surface area contributed by atoms with Gasteiger partial charge in [0.1, 0.15) is 0 Å². The third-order valence-electron chi connectivity index (χ3n) is 1.65. The Morgan fingerprint density at radius 1 is 1.47 bits per heavy atom. The first-order chi connectivity index (χ1) is 7.33. The average molecular weight is 209 g/mol. The van der Waals surface area contributed by atoms with Crippen LogP contribution in [0.1, 0.15) is 5.56 Å². The SMILES string of the molecule is O=CONC(=O)NCCc1ccncc1. The molecular formula is C9H11N3O3. The summed E-state index contributed by atoms with van der Waals surface area (Å²) in [4.78, 5) is 28.5. The minimum atomic E-state index is -0.545. The Hall–Kier alpha value is -2.11. The molecule has 1 aromatic heterocycles. The number of carbonyl (C=O) groups excluding carboxylic acids is 2. The molecule has 1 heterocycles. The standard InChI is InChI=1S/C9H11N3O3/c13-7-15-12-9(14)11-6-3-8-1-4-10-5-2-8/h1-2,4-5,7H,3,6H2,(H2,11,12,14). The maximum atomic E-state index is 10.9. The van der Waals surface area contributed by atoms with Gasteiger partial charge in [0.25, 0.3) is 0 Å². The zero-order chi connectivity index (χ0) is 10.9. The van der Waals surface area contributed by atoms with Crippen LogP contribution in [0.5, 0.6) is 0 Å². The summed E-state index contributed by atoms with van der Waals surface area (Å²) in [6.45, 7) is 0.598. The lowest BCUT2D eigenvalue weighted by Crippen LogP contribution is -2.36. The van der Waals surface area contributed by atoms with Crippen LogP contribution in [-0.2, 0) is 16.1 Å². The van der Waals surface area contributed by atoms with Gasteiger partial charge in [0, 0.05) is 18.9 Å². The molecule has 6 nitrogen and oxygen atoms in total. The first-order valence-electron chi connectivity index (χ1n) is 4.35. The summed E-state index contributed by atoms with van der Waals surface area (Å²) in [7, 11) is 0. The summed E-state index contributed by atoms with van der Waals surface area (Å²) in [6, 6.07) is 3.18. The maximum Gasteiger partial charge on any atom is 0.348 e. The normalized spacial score (nSPS) is 9.07. The lowest BCUT2D eigenvalue weighted by Gasteiger charge is -2.04. The molecule has 0 bridgehead atoms. The second-order valence-electron chi connectivity index (χ2n) is 2.68. The average Bonchev–Trinajstić information content (AvgIpc) is 2.28. The molecule has 0 unspecified atom stereocenters. The molecule has 6 heteroatoms. The highest BCUT2D eigenvalue weighted by Crippen LogP contribution is 1.95. The Morgan fingerprint density at radius 3 is 2.87 bits per heavy atom. The van der Waals surface area contributed by atoms with Crippen LogP contribution in [0.15, 0.2) is 24.5 Å². The fraction of sp³-hybridized carbons (Fsp3) is 0.222. The Kier molecular flexibility index (Phi) is 4.65. The van der Waals surface area contributed by atoms with Gasteiger partial charge in [0.15, 0.2) is 0 Å². The van der Waals surface area contributed by atoms with E-state index in [0.29, 0.717) is 13.0 Å². The lowest BCUT2D eigenvalue weighted by atomic mass is 10.2. The molecule has 0 radical (unpaired) electrons. The molecule has 2 amide bonds. The van der Waals surface area contributed by atoms with Gasteiger partial charge in [0.2, 0.25) is 0 Å². The fourth-order valence-electron chi connectivity index (χ4n) is 0.983. The molecular weight excluding hydrogens is 198 g/mol. The smallest absolute Gasteiger partial charge is 0.343 e. The van der Waals surface area contributed by atoms with Crippen LogP contribution in [0.2, 0.25) is 0 Å². The third-order valence-corrected chi connectivity index (χ3v) is 1.65. The first kappa shape index (κ1) is 11.0. The first-order valence-corrected chi connectivity index (χ1v) is 4.35. The minimum absolute atomic E-state index is 0.141. The number of rotatable bonds is 5. The molecule has 0 aliphatic rings. The van der Waals surface area contributed by atoms with Crippen molar-refractivity contribution >= 4 is 12.5 Å². The van der Waals surface area contributed by atoms with Crippen molar-refractivity contribution in [1.82, 2.24) is 15.8 Å². The largest absolute Gasteiger partial charge is 0.348 e. The van der Waals surface area contributed by atoms with E-state index in [4.69, 9.17) is 0 Å². The molecule has 1 aromatic rings. The zero-order valence-electron chi connectivity index (χ0n) is 7.97. The number of carbonyl (C=O) groups is 2. The highest BCUT2D eigenvalue weighted by Gasteiger charge is 1.98. The Morgan fingerprint density at radius 2 is 2.20 bits per heavy atom. The van der Waals surface area contributed by atoms with E-state index in [9.17, 15) is 9.59 Å². The second-order valence-corrected chi connectivity index (χ2v) is 2.68. The molecule has 0 aromatic carbocycles. The molecule has 1 rings (SSSR count). The van der Waals surface area contributed by atoms with Gasteiger partial charge in [-0.2, -0.15) is 5.48 Å². The van der Waals surface area contributed by atoms with E-state index in [0.717, 1.165) is 5.56 Å². The van der Waals surface area contributed by atoms with Crippen LogP contribution < -0.4 is 10.8 Å². The Bertz CT molecular complexity index is 316. The molecule has 0 saturated heterocycles. The second kappa shape index (κ2) is 6.36. The summed E-state index contributed by atoms with van der Waals surface area (Å²) in [6.07, 6.45) is 4.06. The van der Waals surface area contributed by atoms with Crippen molar-refractivity contribution in [2.75, 3.05) is 6.54 Å². The lowest BCUT2D eigenvalue weighted by molar-refractivity contribution is -0.133. The molecule has 15 heavy (non-hydrogen) atoms. The predicted octanol–water partition coefficient (Wildman–Crippen LogP) is 0.0113. The number of hydroxylamine groups is 1. The molecule has 2 N–H and O–H groups in total. The van der Waals surface area contributed by atoms with Crippen LogP contribution >= 0.6 is 0 Å². The zero-order valence-corrected chi connectivity index (χ0v) is 7.97. The summed E-state index contributed by atoms with van der Waals surface area (Å²) in [5, 5.41) is 2.51. The molecule has 0 aliphatic heterocycles. The highest BCUT2D eigenvalue weighted by molar-refractivity contribution is 5.73. The van der Waals surface area contributed by atoms with Gasteiger partial charge >= 0.3 is 12.5 Å². The van der Waals surface area contributed by atoms with Crippen molar-refractivity contribution in [2.45, 2.75) is 6.42 Å². The molecule has 0 fully saturated rings. The summed E-state index contributed by atoms with van der Waals surface area (Å²) < 4.78 is 0. The van der Waals surface area contributed by atoms with Crippen molar-refractivity contribution in [3.63, 3.8) is 0 Å². The maximum absolute atomic E-state index is 10.9. The molecule has 0 spiro atoms. The van der Waals surface area contributed by atoms with E-state index in [1.54, 1.807) is 12.4 Å². The summed E-state index contributed by atoms with van der Waals surface area (Å²) >= 11 is 0. The quantitative estimate of drug-likeness (QED) is 0.529. The van der Waals surface area contributed by atoms with Crippen LogP contribution in [-0.4, -0.2) is 24.0 Å². The predicted molar refractivity (Wildman–Crippen MR) is 51.6 cm³/mol. The van der Waals surface area contributed by atoms with Crippen molar-refractivity contribution < 1.29 is 14.4 Å². The van der Waals surface area contributed by atoms with Gasteiger partial charge in [0.05, 0.1) is 0 Å². The van der Waals surface area contributed by atoms with Gasteiger partial charge in [-0.15, -0.1) is 0 Å². The van der Waals surface area contributed by atoms with E-state index in [1.165, 1.54) is 0 Å². The number of nitrogens with one attached hydrogen (secondary N) is 2. The Labute approximate surface area is 86.6 Å². The van der Waals surface area contributed by atoms with Crippen molar-refractivity contribution in [2.24, 2.45) is 0 Å². The Balaban J connectivity index is 2.16. The monoisotopic (exact) mass is 209 g/mol. The van der Waals surface area contributed by atoms with Gasteiger partial charge in [-0.3, -0.25) is 9.78 Å². The topological polar surface area (TPSA) is 80.3 Å². The van der Waals surface area contributed by atoms with E-state index in [2.05, 4.69) is 15.1 Å². The number of urea groups is 1. The number of hydrogen-bond acceptors (Lipinski definition) is 4. The molecule has 0 atom stereocenters. The van der Waals surface area contributed by atoms with Crippen molar-refractivity contribution in [3.05, 3.63) is 30.1 Å². The molecule has 80 valence electrons. The van der Waals surface area contributed by atoms with Crippen molar-refractivity contribution in [1.29, 1.82) is 0 Å². The van der Waals surface area contributed by atoms with E-state index in [-0.39, 0.29) is 6.47 Å². The van der Waals surface area contributed by atoms with Gasteiger partial charge in [-0.25, -0.2) is 4.79 Å². The molecule has 0 saturated carbocycles. The van der Waals surface area contributed by atoms with E-state index in [1.807, 2.05) is 17.6 Å². The van der Waals surface area contributed by atoms with Crippen LogP contribution in [0.4, 0.5) is 4.79 Å². The van der Waals surface area contributed by atoms with E-state index >= 15 is 0 Å². The van der Waals surface area contributed by atoms with Crippen LogP contribution in [0.25, 0.3) is 0 Å². The molecule has 0 aliphatic carbocycles. The highest BCUT2D eigenvalue weighted by atomic mass is 16.7. The minimum Gasteiger partial charge on any atom is -0.343 e. The van der Waals surface area contributed by atoms with Crippen molar-refractivity contribution in [3.8, 4) is 0 Å². The number of nitrogens with zero attached hydrogens (tertiary/aromatic N) is 1. The number of hydrogen-bond donors (Lipinski definition) is 2. The van der Waals surface area contributed by atoms with Gasteiger partial charge in [-0.1, -0.05) is 0 Å². The number of amides is 2. The van der Waals surface area contributed by atoms with Crippen LogP contribution in [0, 0.1) is 0 Å².